The minimum atomic E-state index is -2.41. The molecule has 1 aromatic rings. The van der Waals surface area contributed by atoms with Crippen molar-refractivity contribution >= 4 is 17.7 Å². The monoisotopic (exact) mass is 284 g/mol. The second-order valence-electron chi connectivity index (χ2n) is 5.16. The molecule has 3 heteroatoms. The Bertz CT molecular complexity index is 434. The van der Waals surface area contributed by atoms with Crippen LogP contribution in [0.5, 0.6) is 0 Å². The van der Waals surface area contributed by atoms with Gasteiger partial charge in [0, 0.05) is 11.4 Å². The van der Waals surface area contributed by atoms with Gasteiger partial charge in [-0.05, 0) is 30.4 Å². The third kappa shape index (κ3) is 4.04. The molecule has 0 atom stereocenters. The van der Waals surface area contributed by atoms with E-state index in [1.807, 2.05) is 12.1 Å². The fraction of sp³-hybridized carbons (Fsp3) is 0.500. The van der Waals surface area contributed by atoms with Gasteiger partial charge < -0.3 is 0 Å². The van der Waals surface area contributed by atoms with Gasteiger partial charge in [-0.3, -0.25) is 0 Å². The van der Waals surface area contributed by atoms with Gasteiger partial charge in [-0.2, -0.15) is 0 Å². The van der Waals surface area contributed by atoms with Gasteiger partial charge in [0.05, 0.1) is 0 Å². The Morgan fingerprint density at radius 2 is 2.00 bits per heavy atom. The molecule has 1 saturated carbocycles. The molecule has 104 valence electrons. The number of halogens is 3. The normalized spacial score (nSPS) is 18.0. The van der Waals surface area contributed by atoms with E-state index in [0.717, 1.165) is 5.56 Å². The van der Waals surface area contributed by atoms with Crippen LogP contribution in [0, 0.1) is 5.92 Å². The summed E-state index contributed by atoms with van der Waals surface area (Å²) in [4.78, 5) is 0. The number of allylic oxidation sites excluding steroid dienone is 1. The minimum Gasteiger partial charge on any atom is -0.205 e. The van der Waals surface area contributed by atoms with Crippen LogP contribution < -0.4 is 0 Å². The van der Waals surface area contributed by atoms with E-state index in [2.05, 4.69) is 0 Å². The van der Waals surface area contributed by atoms with Crippen molar-refractivity contribution < 1.29 is 8.78 Å². The van der Waals surface area contributed by atoms with E-state index in [0.29, 0.717) is 11.8 Å². The first kappa shape index (κ1) is 14.5. The Labute approximate surface area is 118 Å². The van der Waals surface area contributed by atoms with E-state index in [9.17, 15) is 8.78 Å². The molecule has 0 unspecified atom stereocenters. The largest absolute Gasteiger partial charge is 0.263 e. The quantitative estimate of drug-likeness (QED) is 0.611. The van der Waals surface area contributed by atoms with Crippen molar-refractivity contribution in [1.29, 1.82) is 0 Å². The van der Waals surface area contributed by atoms with E-state index in [4.69, 9.17) is 11.6 Å². The lowest BCUT2D eigenvalue weighted by Crippen LogP contribution is -2.10. The standard InChI is InChI=1S/C16H19ClF2/c17-11-15(13-6-2-1-3-7-13)10-12-5-4-8-14(9-12)16(18)19/h4-5,8-10,13,16H,1-3,6-7,11H2/b15-10-. The van der Waals surface area contributed by atoms with E-state index in [-0.39, 0.29) is 5.56 Å². The van der Waals surface area contributed by atoms with Crippen molar-refractivity contribution in [3.8, 4) is 0 Å². The molecule has 0 saturated heterocycles. The molecule has 1 fully saturated rings. The van der Waals surface area contributed by atoms with Crippen LogP contribution in [0.1, 0.15) is 49.7 Å². The average Bonchev–Trinajstić information content (AvgIpc) is 2.46. The van der Waals surface area contributed by atoms with Crippen LogP contribution in [0.4, 0.5) is 8.78 Å². The van der Waals surface area contributed by atoms with Gasteiger partial charge in [0.2, 0.25) is 0 Å². The molecule has 0 spiro atoms. The molecule has 0 N–H and O–H groups in total. The van der Waals surface area contributed by atoms with Crippen LogP contribution >= 0.6 is 11.6 Å². The fourth-order valence-corrected chi connectivity index (χ4v) is 3.03. The zero-order valence-corrected chi connectivity index (χ0v) is 11.7. The minimum absolute atomic E-state index is 0.0753. The van der Waals surface area contributed by atoms with Crippen molar-refractivity contribution in [2.45, 2.75) is 38.5 Å². The first-order valence-electron chi connectivity index (χ1n) is 6.85. The van der Waals surface area contributed by atoms with Gasteiger partial charge in [0.15, 0.2) is 0 Å². The maximum absolute atomic E-state index is 12.7. The van der Waals surface area contributed by atoms with Crippen molar-refractivity contribution in [2.24, 2.45) is 5.92 Å². The predicted molar refractivity (Wildman–Crippen MR) is 76.7 cm³/mol. The predicted octanol–water partition coefficient (Wildman–Crippen LogP) is 5.83. The lowest BCUT2D eigenvalue weighted by atomic mass is 9.83. The summed E-state index contributed by atoms with van der Waals surface area (Å²) in [5, 5.41) is 0. The van der Waals surface area contributed by atoms with E-state index in [1.54, 1.807) is 12.1 Å². The van der Waals surface area contributed by atoms with Crippen LogP contribution in [-0.2, 0) is 0 Å². The molecule has 1 aliphatic carbocycles. The van der Waals surface area contributed by atoms with Crippen LogP contribution in [0.3, 0.4) is 0 Å². The van der Waals surface area contributed by atoms with E-state index in [1.165, 1.54) is 43.7 Å². The van der Waals surface area contributed by atoms with Gasteiger partial charge >= 0.3 is 0 Å². The molecule has 0 nitrogen and oxygen atoms in total. The van der Waals surface area contributed by atoms with Crippen molar-refractivity contribution in [3.05, 3.63) is 41.0 Å². The zero-order chi connectivity index (χ0) is 13.7. The Hall–Kier alpha value is -0.890. The van der Waals surface area contributed by atoms with Gasteiger partial charge in [-0.15, -0.1) is 11.6 Å². The number of hydrogen-bond acceptors (Lipinski definition) is 0. The second kappa shape index (κ2) is 7.04. The van der Waals surface area contributed by atoms with E-state index >= 15 is 0 Å². The number of hydrogen-bond donors (Lipinski definition) is 0. The summed E-state index contributed by atoms with van der Waals surface area (Å²) in [5.41, 5.74) is 2.10. The van der Waals surface area contributed by atoms with Crippen LogP contribution in [0.2, 0.25) is 0 Å². The first-order chi connectivity index (χ1) is 9.20. The molecule has 1 aromatic carbocycles. The molecule has 19 heavy (non-hydrogen) atoms. The number of rotatable bonds is 4. The smallest absolute Gasteiger partial charge is 0.205 e. The number of benzene rings is 1. The highest BCUT2D eigenvalue weighted by Gasteiger charge is 2.17. The lowest BCUT2D eigenvalue weighted by molar-refractivity contribution is 0.151. The second-order valence-corrected chi connectivity index (χ2v) is 5.43. The van der Waals surface area contributed by atoms with E-state index < -0.39 is 6.43 Å². The maximum atomic E-state index is 12.7. The highest BCUT2D eigenvalue weighted by Crippen LogP contribution is 2.31. The highest BCUT2D eigenvalue weighted by atomic mass is 35.5. The lowest BCUT2D eigenvalue weighted by Gasteiger charge is -2.23. The Morgan fingerprint density at radius 3 is 2.63 bits per heavy atom. The molecule has 0 radical (unpaired) electrons. The van der Waals surface area contributed by atoms with Crippen molar-refractivity contribution in [1.82, 2.24) is 0 Å². The van der Waals surface area contributed by atoms with Gasteiger partial charge in [-0.1, -0.05) is 49.1 Å². The Morgan fingerprint density at radius 1 is 1.26 bits per heavy atom. The summed E-state index contributed by atoms with van der Waals surface area (Å²) in [6, 6.07) is 6.56. The third-order valence-electron chi connectivity index (χ3n) is 3.80. The van der Waals surface area contributed by atoms with Crippen molar-refractivity contribution in [3.63, 3.8) is 0 Å². The molecule has 0 bridgehead atoms. The molecule has 0 aromatic heterocycles. The molecule has 0 amide bonds. The van der Waals surface area contributed by atoms with Crippen molar-refractivity contribution in [2.75, 3.05) is 5.88 Å². The summed E-state index contributed by atoms with van der Waals surface area (Å²) in [6.45, 7) is 0. The summed E-state index contributed by atoms with van der Waals surface area (Å²) in [6.07, 6.45) is 5.72. The average molecular weight is 285 g/mol. The summed E-state index contributed by atoms with van der Waals surface area (Å²) in [7, 11) is 0. The van der Waals surface area contributed by atoms with Gasteiger partial charge in [0.1, 0.15) is 0 Å². The van der Waals surface area contributed by atoms with Crippen LogP contribution in [0.15, 0.2) is 29.8 Å². The maximum Gasteiger partial charge on any atom is 0.263 e. The van der Waals surface area contributed by atoms with Gasteiger partial charge in [0.25, 0.3) is 6.43 Å². The summed E-state index contributed by atoms with van der Waals surface area (Å²) in [5.74, 6) is 1.02. The molecule has 2 rings (SSSR count). The Kier molecular flexibility index (Phi) is 5.38. The molecular weight excluding hydrogens is 266 g/mol. The third-order valence-corrected chi connectivity index (χ3v) is 4.11. The summed E-state index contributed by atoms with van der Waals surface area (Å²) >= 11 is 6.04. The highest BCUT2D eigenvalue weighted by molar-refractivity contribution is 6.19. The van der Waals surface area contributed by atoms with Gasteiger partial charge in [-0.25, -0.2) is 8.78 Å². The van der Waals surface area contributed by atoms with Crippen LogP contribution in [0.25, 0.3) is 6.08 Å². The number of alkyl halides is 3. The fourth-order valence-electron chi connectivity index (χ4n) is 2.74. The Balaban J connectivity index is 2.19. The zero-order valence-electron chi connectivity index (χ0n) is 10.9. The molecule has 0 heterocycles. The summed E-state index contributed by atoms with van der Waals surface area (Å²) < 4.78 is 25.3. The first-order valence-corrected chi connectivity index (χ1v) is 7.38. The topological polar surface area (TPSA) is 0 Å². The van der Waals surface area contributed by atoms with Crippen LogP contribution in [-0.4, -0.2) is 5.88 Å². The molecule has 0 aliphatic heterocycles. The molecular formula is C16H19ClF2. The molecule has 1 aliphatic rings. The SMILES string of the molecule is FC(F)c1cccc(/C=C(/CCl)C2CCCCC2)c1.